The molecule has 3 aromatic rings. The number of rotatable bonds is 10. The molecule has 1 unspecified atom stereocenters. The fourth-order valence-electron chi connectivity index (χ4n) is 4.27. The van der Waals surface area contributed by atoms with Crippen LogP contribution in [0.4, 0.5) is 0 Å². The lowest BCUT2D eigenvalue weighted by Gasteiger charge is -2.33. The second kappa shape index (κ2) is 11.0. The van der Waals surface area contributed by atoms with Crippen LogP contribution in [0.2, 0.25) is 0 Å². The summed E-state index contributed by atoms with van der Waals surface area (Å²) < 4.78 is 6.03. The molecule has 3 heteroatoms. The van der Waals surface area contributed by atoms with E-state index in [2.05, 4.69) is 44.2 Å². The van der Waals surface area contributed by atoms with E-state index in [1.165, 1.54) is 5.56 Å². The molecule has 0 radical (unpaired) electrons. The van der Waals surface area contributed by atoms with E-state index in [1.54, 1.807) is 0 Å². The molecule has 0 saturated carbocycles. The SMILES string of the molecule is CC[C@@H](c1cccc(OCc2ccccc2)c1)[C@@H](C)C(N)[C@H](CO)c1ccccc1. The van der Waals surface area contributed by atoms with Crippen molar-refractivity contribution in [3.05, 3.63) is 102 Å². The fourth-order valence-corrected chi connectivity index (χ4v) is 4.27. The van der Waals surface area contributed by atoms with Gasteiger partial charge in [0.25, 0.3) is 0 Å². The summed E-state index contributed by atoms with van der Waals surface area (Å²) in [7, 11) is 0. The van der Waals surface area contributed by atoms with Crippen LogP contribution in [0.5, 0.6) is 5.75 Å². The first kappa shape index (κ1) is 22.1. The van der Waals surface area contributed by atoms with Crippen LogP contribution in [-0.4, -0.2) is 17.8 Å². The lowest BCUT2D eigenvalue weighted by atomic mass is 9.75. The Morgan fingerprint density at radius 3 is 2.10 bits per heavy atom. The van der Waals surface area contributed by atoms with Gasteiger partial charge in [-0.15, -0.1) is 0 Å². The van der Waals surface area contributed by atoms with Crippen molar-refractivity contribution in [2.75, 3.05) is 6.61 Å². The maximum atomic E-state index is 10.0. The van der Waals surface area contributed by atoms with Gasteiger partial charge >= 0.3 is 0 Å². The first-order valence-electron chi connectivity index (χ1n) is 10.8. The standard InChI is InChI=1S/C27H33NO2/c1-3-25(20(2)27(28)26(18-29)22-13-8-5-9-14-22)23-15-10-16-24(17-23)30-19-21-11-6-4-7-12-21/h4-17,20,25-27,29H,3,18-19,28H2,1-2H3/t20-,25-,26-,27?/m1/s1. The van der Waals surface area contributed by atoms with Crippen LogP contribution in [0.3, 0.4) is 0 Å². The summed E-state index contributed by atoms with van der Waals surface area (Å²) in [5.74, 6) is 1.29. The van der Waals surface area contributed by atoms with E-state index < -0.39 is 0 Å². The van der Waals surface area contributed by atoms with Crippen molar-refractivity contribution < 1.29 is 9.84 Å². The van der Waals surface area contributed by atoms with Gasteiger partial charge < -0.3 is 15.6 Å². The number of aliphatic hydroxyl groups is 1. The minimum atomic E-state index is -0.142. The van der Waals surface area contributed by atoms with Crippen molar-refractivity contribution in [1.29, 1.82) is 0 Å². The average Bonchev–Trinajstić information content (AvgIpc) is 2.80. The number of nitrogens with two attached hydrogens (primary N) is 1. The van der Waals surface area contributed by atoms with Crippen molar-refractivity contribution in [1.82, 2.24) is 0 Å². The van der Waals surface area contributed by atoms with Crippen LogP contribution >= 0.6 is 0 Å². The molecule has 0 aliphatic heterocycles. The van der Waals surface area contributed by atoms with Gasteiger partial charge in [-0.1, -0.05) is 86.6 Å². The highest BCUT2D eigenvalue weighted by atomic mass is 16.5. The summed E-state index contributed by atoms with van der Waals surface area (Å²) in [6.45, 7) is 4.99. The predicted octanol–water partition coefficient (Wildman–Crippen LogP) is 5.50. The molecule has 0 aliphatic carbocycles. The molecular weight excluding hydrogens is 370 g/mol. The Balaban J connectivity index is 1.74. The second-order valence-electron chi connectivity index (χ2n) is 8.00. The minimum Gasteiger partial charge on any atom is -0.489 e. The van der Waals surface area contributed by atoms with Gasteiger partial charge in [-0.05, 0) is 47.1 Å². The zero-order valence-corrected chi connectivity index (χ0v) is 17.9. The predicted molar refractivity (Wildman–Crippen MR) is 124 cm³/mol. The molecule has 0 saturated heterocycles. The molecule has 3 rings (SSSR count). The molecule has 3 aromatic carbocycles. The van der Waals surface area contributed by atoms with Crippen molar-refractivity contribution in [3.63, 3.8) is 0 Å². The van der Waals surface area contributed by atoms with E-state index in [9.17, 15) is 5.11 Å². The molecule has 0 heterocycles. The number of aliphatic hydroxyl groups excluding tert-OH is 1. The van der Waals surface area contributed by atoms with Crippen LogP contribution in [0.25, 0.3) is 0 Å². The van der Waals surface area contributed by atoms with Crippen molar-refractivity contribution >= 4 is 0 Å². The third kappa shape index (κ3) is 5.50. The first-order chi connectivity index (χ1) is 14.6. The summed E-state index contributed by atoms with van der Waals surface area (Å²) in [6.07, 6.45) is 0.976. The van der Waals surface area contributed by atoms with E-state index >= 15 is 0 Å². The number of hydrogen-bond donors (Lipinski definition) is 2. The zero-order chi connectivity index (χ0) is 21.3. The molecule has 0 amide bonds. The Morgan fingerprint density at radius 1 is 0.833 bits per heavy atom. The molecular formula is C27H33NO2. The van der Waals surface area contributed by atoms with Gasteiger partial charge in [-0.25, -0.2) is 0 Å². The third-order valence-electron chi connectivity index (χ3n) is 6.11. The van der Waals surface area contributed by atoms with E-state index in [-0.39, 0.29) is 30.4 Å². The average molecular weight is 404 g/mol. The van der Waals surface area contributed by atoms with Crippen LogP contribution in [0, 0.1) is 5.92 Å². The molecule has 0 spiro atoms. The first-order valence-corrected chi connectivity index (χ1v) is 10.8. The summed E-state index contributed by atoms with van der Waals surface area (Å²) in [4.78, 5) is 0. The molecule has 3 nitrogen and oxygen atoms in total. The second-order valence-corrected chi connectivity index (χ2v) is 8.00. The topological polar surface area (TPSA) is 55.5 Å². The lowest BCUT2D eigenvalue weighted by Crippen LogP contribution is -2.39. The van der Waals surface area contributed by atoms with Crippen LogP contribution in [0.15, 0.2) is 84.9 Å². The van der Waals surface area contributed by atoms with Gasteiger partial charge in [0, 0.05) is 12.0 Å². The van der Waals surface area contributed by atoms with E-state index in [4.69, 9.17) is 10.5 Å². The molecule has 0 aromatic heterocycles. The van der Waals surface area contributed by atoms with Gasteiger partial charge in [0.15, 0.2) is 0 Å². The summed E-state index contributed by atoms with van der Waals surface area (Å²) in [6, 6.07) is 28.5. The Labute approximate surface area is 180 Å². The molecule has 4 atom stereocenters. The number of hydrogen-bond acceptors (Lipinski definition) is 3. The maximum absolute atomic E-state index is 10.0. The highest BCUT2D eigenvalue weighted by molar-refractivity contribution is 5.32. The summed E-state index contributed by atoms with van der Waals surface area (Å²) in [5.41, 5.74) is 10.2. The molecule has 0 bridgehead atoms. The van der Waals surface area contributed by atoms with Crippen LogP contribution in [0.1, 0.15) is 48.8 Å². The van der Waals surface area contributed by atoms with Gasteiger partial charge in [0.05, 0.1) is 6.61 Å². The van der Waals surface area contributed by atoms with Crippen molar-refractivity contribution in [2.45, 2.75) is 44.8 Å². The molecule has 3 N–H and O–H groups in total. The van der Waals surface area contributed by atoms with Gasteiger partial charge in [-0.3, -0.25) is 0 Å². The smallest absolute Gasteiger partial charge is 0.120 e. The van der Waals surface area contributed by atoms with E-state index in [0.29, 0.717) is 6.61 Å². The monoisotopic (exact) mass is 403 g/mol. The van der Waals surface area contributed by atoms with Gasteiger partial charge in [0.1, 0.15) is 12.4 Å². The van der Waals surface area contributed by atoms with Crippen LogP contribution < -0.4 is 10.5 Å². The Hall–Kier alpha value is -2.62. The fraction of sp³-hybridized carbons (Fsp3) is 0.333. The number of ether oxygens (including phenoxy) is 1. The normalized spacial score (nSPS) is 15.2. The minimum absolute atomic E-state index is 0.0478. The van der Waals surface area contributed by atoms with Gasteiger partial charge in [0.2, 0.25) is 0 Å². The third-order valence-corrected chi connectivity index (χ3v) is 6.11. The molecule has 158 valence electrons. The quantitative estimate of drug-likeness (QED) is 0.470. The molecule has 0 fully saturated rings. The van der Waals surface area contributed by atoms with Gasteiger partial charge in [-0.2, -0.15) is 0 Å². The number of benzene rings is 3. The Bertz CT molecular complexity index is 882. The Morgan fingerprint density at radius 2 is 1.47 bits per heavy atom. The highest BCUT2D eigenvalue weighted by Crippen LogP contribution is 2.35. The lowest BCUT2D eigenvalue weighted by molar-refractivity contribution is 0.216. The summed E-state index contributed by atoms with van der Waals surface area (Å²) in [5, 5.41) is 10.0. The largest absolute Gasteiger partial charge is 0.489 e. The van der Waals surface area contributed by atoms with Crippen molar-refractivity contribution in [2.24, 2.45) is 11.7 Å². The van der Waals surface area contributed by atoms with Crippen molar-refractivity contribution in [3.8, 4) is 5.75 Å². The van der Waals surface area contributed by atoms with E-state index in [0.717, 1.165) is 23.3 Å². The van der Waals surface area contributed by atoms with Crippen LogP contribution in [-0.2, 0) is 6.61 Å². The Kier molecular flexibility index (Phi) is 8.06. The summed E-state index contributed by atoms with van der Waals surface area (Å²) >= 11 is 0. The zero-order valence-electron chi connectivity index (χ0n) is 17.9. The van der Waals surface area contributed by atoms with E-state index in [1.807, 2.05) is 54.6 Å². The maximum Gasteiger partial charge on any atom is 0.120 e. The highest BCUT2D eigenvalue weighted by Gasteiger charge is 2.30. The molecule has 0 aliphatic rings. The molecule has 30 heavy (non-hydrogen) atoms.